The van der Waals surface area contributed by atoms with Crippen LogP contribution in [-0.4, -0.2) is 25.3 Å². The van der Waals surface area contributed by atoms with Gasteiger partial charge in [-0.25, -0.2) is 8.42 Å². The molecular weight excluding hydrogens is 326 g/mol. The van der Waals surface area contributed by atoms with Crippen molar-refractivity contribution in [3.05, 3.63) is 28.2 Å². The summed E-state index contributed by atoms with van der Waals surface area (Å²) in [5.41, 5.74) is 0.800. The Morgan fingerprint density at radius 2 is 2.00 bits per heavy atom. The van der Waals surface area contributed by atoms with Crippen LogP contribution in [0.5, 0.6) is 0 Å². The van der Waals surface area contributed by atoms with Crippen LogP contribution in [-0.2, 0) is 10.0 Å². The quantitative estimate of drug-likeness (QED) is 0.821. The second-order valence-corrected chi connectivity index (χ2v) is 8.28. The molecule has 1 aromatic carbocycles. The Labute approximate surface area is 124 Å². The Kier molecular flexibility index (Phi) is 4.38. The Morgan fingerprint density at radius 3 is 2.63 bits per heavy atom. The van der Waals surface area contributed by atoms with E-state index in [4.69, 9.17) is 0 Å². The van der Waals surface area contributed by atoms with Gasteiger partial charge in [0.1, 0.15) is 0 Å². The lowest BCUT2D eigenvalue weighted by Gasteiger charge is -2.35. The first kappa shape index (κ1) is 15.0. The third kappa shape index (κ3) is 3.03. The van der Waals surface area contributed by atoms with Gasteiger partial charge in [-0.3, -0.25) is 0 Å². The van der Waals surface area contributed by atoms with Crippen molar-refractivity contribution in [1.29, 1.82) is 0 Å². The molecule has 19 heavy (non-hydrogen) atoms. The van der Waals surface area contributed by atoms with E-state index in [1.165, 1.54) is 0 Å². The zero-order valence-corrected chi connectivity index (χ0v) is 14.0. The van der Waals surface area contributed by atoms with Crippen LogP contribution in [0.25, 0.3) is 0 Å². The van der Waals surface area contributed by atoms with E-state index in [1.54, 1.807) is 10.4 Å². The Bertz CT molecular complexity index is 571. The first-order valence-corrected chi connectivity index (χ1v) is 8.83. The normalized spacial score (nSPS) is 25.5. The molecule has 1 aliphatic rings. The van der Waals surface area contributed by atoms with E-state index >= 15 is 0 Å². The Hall–Kier alpha value is -0.390. The van der Waals surface area contributed by atoms with Crippen LogP contribution in [0.15, 0.2) is 27.6 Å². The molecule has 5 heteroatoms. The molecule has 1 aliphatic heterocycles. The number of benzene rings is 1. The molecule has 1 aromatic rings. The minimum atomic E-state index is -3.38. The van der Waals surface area contributed by atoms with Gasteiger partial charge in [-0.15, -0.1) is 0 Å². The highest BCUT2D eigenvalue weighted by Crippen LogP contribution is 2.30. The van der Waals surface area contributed by atoms with Crippen LogP contribution in [0.4, 0.5) is 0 Å². The summed E-state index contributed by atoms with van der Waals surface area (Å²) >= 11 is 3.35. The van der Waals surface area contributed by atoms with E-state index in [0.717, 1.165) is 22.9 Å². The maximum atomic E-state index is 12.8. The van der Waals surface area contributed by atoms with Crippen LogP contribution in [0.1, 0.15) is 32.3 Å². The largest absolute Gasteiger partial charge is 0.243 e. The number of nitrogens with zero attached hydrogens (tertiary/aromatic N) is 1. The van der Waals surface area contributed by atoms with E-state index in [0.29, 0.717) is 17.4 Å². The molecule has 2 atom stereocenters. The number of aryl methyl sites for hydroxylation is 1. The van der Waals surface area contributed by atoms with Gasteiger partial charge >= 0.3 is 0 Å². The van der Waals surface area contributed by atoms with Crippen LogP contribution < -0.4 is 0 Å². The Balaban J connectivity index is 2.39. The van der Waals surface area contributed by atoms with Gasteiger partial charge in [0.05, 0.1) is 4.90 Å². The van der Waals surface area contributed by atoms with Crippen molar-refractivity contribution in [2.75, 3.05) is 6.54 Å². The second-order valence-electron chi connectivity index (χ2n) is 5.50. The predicted molar refractivity (Wildman–Crippen MR) is 80.6 cm³/mol. The number of hydrogen-bond acceptors (Lipinski definition) is 2. The van der Waals surface area contributed by atoms with E-state index in [2.05, 4.69) is 22.9 Å². The summed E-state index contributed by atoms with van der Waals surface area (Å²) in [6.45, 7) is 6.65. The Morgan fingerprint density at radius 1 is 1.32 bits per heavy atom. The molecule has 0 amide bonds. The lowest BCUT2D eigenvalue weighted by atomic mass is 9.95. The zero-order chi connectivity index (χ0) is 14.2. The minimum absolute atomic E-state index is 0.0760. The third-order valence-corrected chi connectivity index (χ3v) is 6.46. The summed E-state index contributed by atoms with van der Waals surface area (Å²) < 4.78 is 28.0. The minimum Gasteiger partial charge on any atom is -0.207 e. The van der Waals surface area contributed by atoms with Crippen LogP contribution >= 0.6 is 15.9 Å². The molecule has 2 unspecified atom stereocenters. The number of hydrogen-bond donors (Lipinski definition) is 0. The summed E-state index contributed by atoms with van der Waals surface area (Å²) in [5.74, 6) is 0.602. The van der Waals surface area contributed by atoms with Gasteiger partial charge in [-0.05, 0) is 50.3 Å². The fourth-order valence-electron chi connectivity index (χ4n) is 2.72. The van der Waals surface area contributed by atoms with Gasteiger partial charge in [0.2, 0.25) is 10.0 Å². The summed E-state index contributed by atoms with van der Waals surface area (Å²) in [4.78, 5) is 0.420. The van der Waals surface area contributed by atoms with Crippen molar-refractivity contribution >= 4 is 26.0 Å². The SMILES string of the molecule is Cc1ccc(Br)cc1S(=O)(=O)N1CCC(C)CC1C. The molecule has 0 aromatic heterocycles. The molecule has 1 fully saturated rings. The van der Waals surface area contributed by atoms with Crippen LogP contribution in [0, 0.1) is 12.8 Å². The van der Waals surface area contributed by atoms with Crippen molar-refractivity contribution in [2.45, 2.75) is 44.6 Å². The number of piperidine rings is 1. The van der Waals surface area contributed by atoms with Crippen LogP contribution in [0.2, 0.25) is 0 Å². The molecule has 0 spiro atoms. The maximum Gasteiger partial charge on any atom is 0.243 e. The summed E-state index contributed by atoms with van der Waals surface area (Å²) in [7, 11) is -3.38. The first-order valence-electron chi connectivity index (χ1n) is 6.60. The topological polar surface area (TPSA) is 37.4 Å². The smallest absolute Gasteiger partial charge is 0.207 e. The molecule has 0 N–H and O–H groups in total. The lowest BCUT2D eigenvalue weighted by Crippen LogP contribution is -2.44. The number of halogens is 1. The van der Waals surface area contributed by atoms with Crippen molar-refractivity contribution in [3.63, 3.8) is 0 Å². The molecule has 106 valence electrons. The highest BCUT2D eigenvalue weighted by molar-refractivity contribution is 9.10. The molecule has 0 saturated carbocycles. The third-order valence-electron chi connectivity index (χ3n) is 3.81. The standard InChI is InChI=1S/C14H20BrNO2S/c1-10-6-7-16(12(3)8-10)19(17,18)14-9-13(15)5-4-11(14)2/h4-5,9-10,12H,6-8H2,1-3H3. The van der Waals surface area contributed by atoms with Gasteiger partial charge in [-0.2, -0.15) is 4.31 Å². The van der Waals surface area contributed by atoms with E-state index < -0.39 is 10.0 Å². The highest BCUT2D eigenvalue weighted by atomic mass is 79.9. The molecule has 3 nitrogen and oxygen atoms in total. The van der Waals surface area contributed by atoms with Gasteiger partial charge in [-0.1, -0.05) is 28.9 Å². The summed E-state index contributed by atoms with van der Waals surface area (Å²) in [5, 5.41) is 0. The van der Waals surface area contributed by atoms with Gasteiger partial charge in [0.15, 0.2) is 0 Å². The fourth-order valence-corrected chi connectivity index (χ4v) is 5.14. The monoisotopic (exact) mass is 345 g/mol. The highest BCUT2D eigenvalue weighted by Gasteiger charge is 2.33. The second kappa shape index (κ2) is 5.54. The number of rotatable bonds is 2. The molecule has 2 rings (SSSR count). The van der Waals surface area contributed by atoms with Crippen molar-refractivity contribution in [3.8, 4) is 0 Å². The molecular formula is C14H20BrNO2S. The zero-order valence-electron chi connectivity index (χ0n) is 11.6. The van der Waals surface area contributed by atoms with Gasteiger partial charge < -0.3 is 0 Å². The fraction of sp³-hybridized carbons (Fsp3) is 0.571. The molecule has 0 radical (unpaired) electrons. The first-order chi connectivity index (χ1) is 8.82. The van der Waals surface area contributed by atoms with E-state index in [9.17, 15) is 8.42 Å². The van der Waals surface area contributed by atoms with E-state index in [-0.39, 0.29) is 6.04 Å². The van der Waals surface area contributed by atoms with E-state index in [1.807, 2.05) is 26.0 Å². The molecule has 0 bridgehead atoms. The van der Waals surface area contributed by atoms with Gasteiger partial charge in [0, 0.05) is 17.1 Å². The van der Waals surface area contributed by atoms with Crippen molar-refractivity contribution in [1.82, 2.24) is 4.31 Å². The molecule has 1 heterocycles. The molecule has 1 saturated heterocycles. The number of sulfonamides is 1. The van der Waals surface area contributed by atoms with Crippen molar-refractivity contribution in [2.24, 2.45) is 5.92 Å². The van der Waals surface area contributed by atoms with Crippen molar-refractivity contribution < 1.29 is 8.42 Å². The average Bonchev–Trinajstić information content (AvgIpc) is 2.31. The van der Waals surface area contributed by atoms with Gasteiger partial charge in [0.25, 0.3) is 0 Å². The predicted octanol–water partition coefficient (Wildman–Crippen LogP) is 3.57. The van der Waals surface area contributed by atoms with Crippen LogP contribution in [0.3, 0.4) is 0 Å². The average molecular weight is 346 g/mol. The molecule has 0 aliphatic carbocycles. The summed E-state index contributed by atoms with van der Waals surface area (Å²) in [6, 6.07) is 5.49. The maximum absolute atomic E-state index is 12.8. The summed E-state index contributed by atoms with van der Waals surface area (Å²) in [6.07, 6.45) is 1.88. The lowest BCUT2D eigenvalue weighted by molar-refractivity contribution is 0.220.